The molecular weight excluding hydrogens is 318 g/mol. The summed E-state index contributed by atoms with van der Waals surface area (Å²) >= 11 is 1.78. The number of thiazole rings is 1. The maximum atomic E-state index is 11.4. The molecule has 1 aliphatic rings. The zero-order valence-electron chi connectivity index (χ0n) is 12.7. The minimum Gasteiger partial charge on any atom is -0.377 e. The number of nitrogens with one attached hydrogen (secondary N) is 1. The van der Waals surface area contributed by atoms with Gasteiger partial charge in [0.25, 0.3) is 0 Å². The number of nitrogens with zero attached hydrogens (tertiary/aromatic N) is 2. The van der Waals surface area contributed by atoms with Gasteiger partial charge in [0.2, 0.25) is 0 Å². The highest BCUT2D eigenvalue weighted by Crippen LogP contribution is 2.30. The van der Waals surface area contributed by atoms with E-state index in [1.54, 1.807) is 23.6 Å². The number of aryl methyl sites for hydroxylation is 1. The van der Waals surface area contributed by atoms with Gasteiger partial charge in [-0.3, -0.25) is 0 Å². The van der Waals surface area contributed by atoms with Crippen molar-refractivity contribution in [3.63, 3.8) is 0 Å². The number of hydrogen-bond acceptors (Lipinski definition) is 6. The number of anilines is 1. The van der Waals surface area contributed by atoms with Crippen LogP contribution in [0.25, 0.3) is 0 Å². The zero-order chi connectivity index (χ0) is 15.7. The molecule has 1 atom stereocenters. The Labute approximate surface area is 134 Å². The van der Waals surface area contributed by atoms with Crippen molar-refractivity contribution in [2.24, 2.45) is 5.92 Å². The van der Waals surface area contributed by atoms with Crippen LogP contribution in [0.4, 0.5) is 5.69 Å². The summed E-state index contributed by atoms with van der Waals surface area (Å²) in [4.78, 5) is 10.1. The highest BCUT2D eigenvalue weighted by atomic mass is 32.2. The monoisotopic (exact) mass is 337 g/mol. The average molecular weight is 337 g/mol. The van der Waals surface area contributed by atoms with Gasteiger partial charge in [0.15, 0.2) is 14.9 Å². The zero-order valence-corrected chi connectivity index (χ0v) is 14.3. The van der Waals surface area contributed by atoms with Crippen LogP contribution in [0.15, 0.2) is 23.4 Å². The fraction of sp³-hybridized carbons (Fsp3) is 0.467. The number of rotatable bonds is 4. The molecule has 0 saturated heterocycles. The third-order valence-electron chi connectivity index (χ3n) is 3.79. The predicted molar refractivity (Wildman–Crippen MR) is 88.0 cm³/mol. The molecule has 2 aromatic rings. The third-order valence-corrected chi connectivity index (χ3v) is 5.91. The topological polar surface area (TPSA) is 72.0 Å². The van der Waals surface area contributed by atoms with E-state index in [-0.39, 0.29) is 5.03 Å². The molecule has 118 valence electrons. The second-order valence-corrected chi connectivity index (χ2v) is 8.97. The average Bonchev–Trinajstić information content (AvgIpc) is 2.86. The molecule has 0 saturated carbocycles. The van der Waals surface area contributed by atoms with Gasteiger partial charge in [-0.25, -0.2) is 18.4 Å². The Bertz CT molecular complexity index is 767. The maximum Gasteiger partial charge on any atom is 0.192 e. The first-order valence-electron chi connectivity index (χ1n) is 7.29. The van der Waals surface area contributed by atoms with Crippen molar-refractivity contribution in [1.29, 1.82) is 0 Å². The van der Waals surface area contributed by atoms with Crippen LogP contribution in [0.5, 0.6) is 0 Å². The highest BCUT2D eigenvalue weighted by molar-refractivity contribution is 7.90. The van der Waals surface area contributed by atoms with Gasteiger partial charge in [0.1, 0.15) is 5.01 Å². The fourth-order valence-electron chi connectivity index (χ4n) is 2.55. The summed E-state index contributed by atoms with van der Waals surface area (Å²) in [7, 11) is -3.24. The first kappa shape index (κ1) is 15.4. The van der Waals surface area contributed by atoms with Crippen molar-refractivity contribution < 1.29 is 8.42 Å². The van der Waals surface area contributed by atoms with Crippen molar-refractivity contribution in [3.8, 4) is 0 Å². The lowest BCUT2D eigenvalue weighted by Crippen LogP contribution is -2.09. The van der Waals surface area contributed by atoms with Crippen LogP contribution in [0, 0.1) is 5.92 Å². The van der Waals surface area contributed by atoms with Gasteiger partial charge in [0, 0.05) is 11.1 Å². The molecule has 1 aliphatic carbocycles. The van der Waals surface area contributed by atoms with Crippen molar-refractivity contribution >= 4 is 26.9 Å². The Kier molecular flexibility index (Phi) is 4.18. The lowest BCUT2D eigenvalue weighted by molar-refractivity contribution is 0.501. The van der Waals surface area contributed by atoms with E-state index in [1.807, 2.05) is 0 Å². The Morgan fingerprint density at radius 1 is 1.41 bits per heavy atom. The standard InChI is InChI=1S/C15H19N3O2S2/c1-10-3-5-12-13(7-10)21-14(18-12)9-16-11-4-6-15(17-8-11)22(2,19)20/h4,6,8,10,16H,3,5,7,9H2,1-2H3/t10-/m0/s1. The summed E-state index contributed by atoms with van der Waals surface area (Å²) < 4.78 is 22.7. The van der Waals surface area contributed by atoms with E-state index < -0.39 is 9.84 Å². The molecule has 0 bridgehead atoms. The number of fused-ring (bicyclic) bond motifs is 1. The molecule has 1 N–H and O–H groups in total. The van der Waals surface area contributed by atoms with E-state index in [2.05, 4.69) is 17.2 Å². The van der Waals surface area contributed by atoms with Crippen LogP contribution in [0.3, 0.4) is 0 Å². The molecule has 0 aromatic carbocycles. The molecule has 0 unspecified atom stereocenters. The van der Waals surface area contributed by atoms with Gasteiger partial charge < -0.3 is 5.32 Å². The number of pyridine rings is 1. The minimum absolute atomic E-state index is 0.0942. The Balaban J connectivity index is 1.66. The summed E-state index contributed by atoms with van der Waals surface area (Å²) in [5.41, 5.74) is 2.05. The summed E-state index contributed by atoms with van der Waals surface area (Å²) in [6.07, 6.45) is 6.14. The van der Waals surface area contributed by atoms with E-state index >= 15 is 0 Å². The second kappa shape index (κ2) is 5.96. The highest BCUT2D eigenvalue weighted by Gasteiger charge is 2.19. The largest absolute Gasteiger partial charge is 0.377 e. The number of aromatic nitrogens is 2. The lowest BCUT2D eigenvalue weighted by atomic mass is 9.93. The van der Waals surface area contributed by atoms with Gasteiger partial charge in [-0.05, 0) is 37.3 Å². The van der Waals surface area contributed by atoms with Crippen LogP contribution in [-0.2, 0) is 29.2 Å². The molecule has 2 aromatic heterocycles. The molecule has 0 amide bonds. The van der Waals surface area contributed by atoms with Crippen molar-refractivity contribution in [3.05, 3.63) is 33.9 Å². The molecule has 3 rings (SSSR count). The summed E-state index contributed by atoms with van der Waals surface area (Å²) in [6.45, 7) is 2.93. The Morgan fingerprint density at radius 3 is 2.91 bits per heavy atom. The SMILES string of the molecule is C[C@H]1CCc2nc(CNc3ccc(S(C)(=O)=O)nc3)sc2C1. The lowest BCUT2D eigenvalue weighted by Gasteiger charge is -2.15. The molecule has 0 fully saturated rings. The van der Waals surface area contributed by atoms with Crippen LogP contribution in [0.2, 0.25) is 0 Å². The van der Waals surface area contributed by atoms with Crippen molar-refractivity contribution in [2.45, 2.75) is 37.8 Å². The van der Waals surface area contributed by atoms with Crippen LogP contribution >= 0.6 is 11.3 Å². The van der Waals surface area contributed by atoms with Gasteiger partial charge >= 0.3 is 0 Å². The molecule has 5 nitrogen and oxygen atoms in total. The third kappa shape index (κ3) is 3.47. The second-order valence-electron chi connectivity index (χ2n) is 5.84. The quantitative estimate of drug-likeness (QED) is 0.929. The Hall–Kier alpha value is -1.47. The maximum absolute atomic E-state index is 11.4. The van der Waals surface area contributed by atoms with Gasteiger partial charge in [0.05, 0.1) is 24.1 Å². The first-order valence-corrected chi connectivity index (χ1v) is 10.00. The van der Waals surface area contributed by atoms with E-state index in [1.165, 1.54) is 23.1 Å². The predicted octanol–water partition coefficient (Wildman–Crippen LogP) is 2.68. The van der Waals surface area contributed by atoms with E-state index in [4.69, 9.17) is 4.98 Å². The van der Waals surface area contributed by atoms with Crippen LogP contribution in [-0.4, -0.2) is 24.6 Å². The smallest absolute Gasteiger partial charge is 0.192 e. The molecule has 0 radical (unpaired) electrons. The van der Waals surface area contributed by atoms with E-state index in [9.17, 15) is 8.42 Å². The minimum atomic E-state index is -3.24. The Morgan fingerprint density at radius 2 is 2.23 bits per heavy atom. The van der Waals surface area contributed by atoms with Crippen LogP contribution in [0.1, 0.15) is 28.9 Å². The molecule has 7 heteroatoms. The van der Waals surface area contributed by atoms with Gasteiger partial charge in [-0.2, -0.15) is 0 Å². The van der Waals surface area contributed by atoms with E-state index in [0.29, 0.717) is 6.54 Å². The normalized spacial score (nSPS) is 18.0. The summed E-state index contributed by atoms with van der Waals surface area (Å²) in [6, 6.07) is 3.26. The fourth-order valence-corrected chi connectivity index (χ4v) is 4.33. The van der Waals surface area contributed by atoms with Crippen molar-refractivity contribution in [1.82, 2.24) is 9.97 Å². The molecular formula is C15H19N3O2S2. The number of sulfone groups is 1. The summed E-state index contributed by atoms with van der Waals surface area (Å²) in [5.74, 6) is 0.751. The summed E-state index contributed by atoms with van der Waals surface area (Å²) in [5, 5.41) is 4.42. The molecule has 0 spiro atoms. The number of hydrogen-bond donors (Lipinski definition) is 1. The first-order chi connectivity index (χ1) is 10.4. The molecule has 2 heterocycles. The van der Waals surface area contributed by atoms with Gasteiger partial charge in [-0.15, -0.1) is 11.3 Å². The van der Waals surface area contributed by atoms with Crippen LogP contribution < -0.4 is 5.32 Å². The molecule has 22 heavy (non-hydrogen) atoms. The molecule has 0 aliphatic heterocycles. The van der Waals surface area contributed by atoms with E-state index in [0.717, 1.165) is 35.7 Å². The van der Waals surface area contributed by atoms with Gasteiger partial charge in [-0.1, -0.05) is 6.92 Å². The van der Waals surface area contributed by atoms with Crippen molar-refractivity contribution in [2.75, 3.05) is 11.6 Å².